The van der Waals surface area contributed by atoms with Crippen molar-refractivity contribution in [3.8, 4) is 0 Å². The van der Waals surface area contributed by atoms with Gasteiger partial charge in [0.05, 0.1) is 12.2 Å². The van der Waals surface area contributed by atoms with Gasteiger partial charge in [0, 0.05) is 5.57 Å². The summed E-state index contributed by atoms with van der Waals surface area (Å²) in [5.74, 6) is -0.790. The Morgan fingerprint density at radius 1 is 1.13 bits per heavy atom. The van der Waals surface area contributed by atoms with E-state index >= 15 is 0 Å². The molecule has 0 bridgehead atoms. The third-order valence-electron chi connectivity index (χ3n) is 1.70. The summed E-state index contributed by atoms with van der Waals surface area (Å²) in [6.07, 6.45) is 0. The molecule has 0 amide bonds. The van der Waals surface area contributed by atoms with Crippen molar-refractivity contribution >= 4 is 11.9 Å². The number of carbonyl (C=O) groups is 2. The van der Waals surface area contributed by atoms with E-state index in [2.05, 4.69) is 6.58 Å². The zero-order valence-electron chi connectivity index (χ0n) is 9.55. The highest BCUT2D eigenvalue weighted by Gasteiger charge is 2.12. The van der Waals surface area contributed by atoms with Crippen molar-refractivity contribution in [2.24, 2.45) is 0 Å². The van der Waals surface area contributed by atoms with Crippen LogP contribution in [0.3, 0.4) is 0 Å². The van der Waals surface area contributed by atoms with Crippen LogP contribution in [0.15, 0.2) is 23.5 Å². The highest BCUT2D eigenvalue weighted by Crippen LogP contribution is 2.09. The molecule has 0 unspecified atom stereocenters. The Bertz CT molecular complexity index is 313. The average molecular weight is 212 g/mol. The number of allylic oxidation sites excluding steroid dienone is 1. The molecule has 0 rings (SSSR count). The Kier molecular flexibility index (Phi) is 5.37. The van der Waals surface area contributed by atoms with Crippen LogP contribution < -0.4 is 0 Å². The number of hydrogen-bond acceptors (Lipinski definition) is 4. The molecule has 0 radical (unpaired) electrons. The maximum atomic E-state index is 11.2. The monoisotopic (exact) mass is 212 g/mol. The highest BCUT2D eigenvalue weighted by atomic mass is 16.5. The van der Waals surface area contributed by atoms with E-state index in [-0.39, 0.29) is 23.5 Å². The van der Waals surface area contributed by atoms with Gasteiger partial charge in [-0.3, -0.25) is 0 Å². The fraction of sp³-hybridized carbons (Fsp3) is 0.455. The van der Waals surface area contributed by atoms with E-state index in [9.17, 15) is 9.59 Å². The number of esters is 2. The van der Waals surface area contributed by atoms with Crippen LogP contribution in [-0.4, -0.2) is 18.5 Å². The van der Waals surface area contributed by atoms with Gasteiger partial charge in [-0.25, -0.2) is 9.59 Å². The molecule has 0 aromatic heterocycles. The third-order valence-corrected chi connectivity index (χ3v) is 1.70. The Morgan fingerprint density at radius 3 is 2.07 bits per heavy atom. The molecule has 15 heavy (non-hydrogen) atoms. The van der Waals surface area contributed by atoms with E-state index in [0.29, 0.717) is 0 Å². The van der Waals surface area contributed by atoms with Gasteiger partial charge in [0.2, 0.25) is 0 Å². The van der Waals surface area contributed by atoms with E-state index in [4.69, 9.17) is 9.47 Å². The first-order chi connectivity index (χ1) is 6.90. The van der Waals surface area contributed by atoms with Gasteiger partial charge in [-0.05, 0) is 27.7 Å². The quantitative estimate of drug-likeness (QED) is 0.406. The number of hydrogen-bond donors (Lipinski definition) is 0. The van der Waals surface area contributed by atoms with Gasteiger partial charge < -0.3 is 9.47 Å². The van der Waals surface area contributed by atoms with Crippen molar-refractivity contribution in [3.63, 3.8) is 0 Å². The van der Waals surface area contributed by atoms with E-state index in [0.717, 1.165) is 0 Å². The molecule has 0 saturated carbocycles. The topological polar surface area (TPSA) is 52.6 Å². The zero-order chi connectivity index (χ0) is 12.0. The largest absolute Gasteiger partial charge is 0.463 e. The molecule has 0 atom stereocenters. The number of ether oxygens (including phenoxy) is 2. The van der Waals surface area contributed by atoms with Gasteiger partial charge >= 0.3 is 11.9 Å². The van der Waals surface area contributed by atoms with Gasteiger partial charge in [0.25, 0.3) is 0 Å². The first kappa shape index (κ1) is 13.4. The van der Waals surface area contributed by atoms with Crippen molar-refractivity contribution < 1.29 is 19.1 Å². The van der Waals surface area contributed by atoms with Gasteiger partial charge in [-0.15, -0.1) is 0 Å². The molecule has 0 aromatic carbocycles. The van der Waals surface area contributed by atoms with Crippen LogP contribution in [-0.2, 0) is 19.1 Å². The highest BCUT2D eigenvalue weighted by molar-refractivity contribution is 5.91. The summed E-state index contributed by atoms with van der Waals surface area (Å²) in [6.45, 7) is 10.0. The standard InChI is InChI=1S/C11H16O4/c1-6-14-11(13)8(4)9(5)15-10(12)7(2)3/h2,6H2,1,3-5H3. The van der Waals surface area contributed by atoms with Crippen molar-refractivity contribution in [1.29, 1.82) is 0 Å². The van der Waals surface area contributed by atoms with Crippen molar-refractivity contribution in [3.05, 3.63) is 23.5 Å². The average Bonchev–Trinajstić information content (AvgIpc) is 2.16. The second-order valence-electron chi connectivity index (χ2n) is 3.07. The number of carbonyl (C=O) groups excluding carboxylic acids is 2. The smallest absolute Gasteiger partial charge is 0.338 e. The summed E-state index contributed by atoms with van der Waals surface area (Å²) in [4.78, 5) is 22.4. The van der Waals surface area contributed by atoms with Gasteiger partial charge in [0.1, 0.15) is 5.76 Å². The second-order valence-corrected chi connectivity index (χ2v) is 3.07. The van der Waals surface area contributed by atoms with Gasteiger partial charge in [-0.1, -0.05) is 6.58 Å². The fourth-order valence-corrected chi connectivity index (χ4v) is 0.686. The lowest BCUT2D eigenvalue weighted by Crippen LogP contribution is -2.11. The molecule has 84 valence electrons. The summed E-state index contributed by atoms with van der Waals surface area (Å²) in [7, 11) is 0. The normalized spacial score (nSPS) is 11.5. The van der Waals surface area contributed by atoms with Crippen molar-refractivity contribution in [2.75, 3.05) is 6.61 Å². The Morgan fingerprint density at radius 2 is 1.67 bits per heavy atom. The summed E-state index contributed by atoms with van der Waals surface area (Å²) < 4.78 is 9.64. The Balaban J connectivity index is 4.58. The Labute approximate surface area is 89.6 Å². The minimum Gasteiger partial charge on any atom is -0.463 e. The summed E-state index contributed by atoms with van der Waals surface area (Å²) in [6, 6.07) is 0. The summed E-state index contributed by atoms with van der Waals surface area (Å²) in [5.41, 5.74) is 0.567. The maximum absolute atomic E-state index is 11.2. The molecule has 0 fully saturated rings. The predicted molar refractivity (Wildman–Crippen MR) is 55.9 cm³/mol. The maximum Gasteiger partial charge on any atom is 0.338 e. The molecule has 0 aliphatic heterocycles. The van der Waals surface area contributed by atoms with Crippen LogP contribution in [0.25, 0.3) is 0 Å². The molecule has 0 heterocycles. The van der Waals surface area contributed by atoms with Crippen LogP contribution in [0.2, 0.25) is 0 Å². The van der Waals surface area contributed by atoms with Crippen LogP contribution in [0.5, 0.6) is 0 Å². The molecular formula is C11H16O4. The summed E-state index contributed by atoms with van der Waals surface area (Å²) in [5, 5.41) is 0. The molecule has 0 aromatic rings. The third kappa shape index (κ3) is 4.44. The minimum absolute atomic E-state index is 0.237. The fourth-order valence-electron chi connectivity index (χ4n) is 0.686. The van der Waals surface area contributed by atoms with Gasteiger partial charge in [0.15, 0.2) is 0 Å². The molecule has 0 aliphatic carbocycles. The second kappa shape index (κ2) is 6.01. The minimum atomic E-state index is -0.545. The Hall–Kier alpha value is -1.58. The molecule has 0 spiro atoms. The van der Waals surface area contributed by atoms with Crippen molar-refractivity contribution in [2.45, 2.75) is 27.7 Å². The SMILES string of the molecule is C=C(C)C(=O)OC(C)=C(C)C(=O)OCC. The van der Waals surface area contributed by atoms with Crippen LogP contribution in [0, 0.1) is 0 Å². The lowest BCUT2D eigenvalue weighted by Gasteiger charge is -2.07. The molecule has 4 heteroatoms. The van der Waals surface area contributed by atoms with E-state index < -0.39 is 11.9 Å². The molecule has 0 saturated heterocycles. The van der Waals surface area contributed by atoms with Gasteiger partial charge in [-0.2, -0.15) is 0 Å². The first-order valence-corrected chi connectivity index (χ1v) is 4.62. The van der Waals surface area contributed by atoms with Crippen LogP contribution in [0.1, 0.15) is 27.7 Å². The van der Waals surface area contributed by atoms with Crippen LogP contribution >= 0.6 is 0 Å². The zero-order valence-corrected chi connectivity index (χ0v) is 9.55. The first-order valence-electron chi connectivity index (χ1n) is 4.62. The van der Waals surface area contributed by atoms with E-state index in [1.807, 2.05) is 0 Å². The van der Waals surface area contributed by atoms with Crippen LogP contribution in [0.4, 0.5) is 0 Å². The van der Waals surface area contributed by atoms with E-state index in [1.165, 1.54) is 13.8 Å². The molecular weight excluding hydrogens is 196 g/mol. The van der Waals surface area contributed by atoms with E-state index in [1.54, 1.807) is 13.8 Å². The molecule has 4 nitrogen and oxygen atoms in total. The number of rotatable bonds is 4. The summed E-state index contributed by atoms with van der Waals surface area (Å²) >= 11 is 0. The predicted octanol–water partition coefficient (Wildman–Crippen LogP) is 1.96. The molecule has 0 N–H and O–H groups in total. The van der Waals surface area contributed by atoms with Crippen molar-refractivity contribution in [1.82, 2.24) is 0 Å². The lowest BCUT2D eigenvalue weighted by atomic mass is 10.2. The molecule has 0 aliphatic rings. The lowest BCUT2D eigenvalue weighted by molar-refractivity contribution is -0.139.